The fraction of sp³-hybridized carbons (Fsp3) is 0.267. The maximum Gasteiger partial charge on any atom is 0.116 e. The highest BCUT2D eigenvalue weighted by molar-refractivity contribution is 5.88. The van der Waals surface area contributed by atoms with Crippen LogP contribution in [0.25, 0.3) is 16.6 Å². The van der Waals surface area contributed by atoms with Crippen LogP contribution in [-0.4, -0.2) is 10.1 Å². The third-order valence-corrected chi connectivity index (χ3v) is 3.54. The number of phenolic OH excluding ortho intramolecular Hbond substituents is 1. The van der Waals surface area contributed by atoms with Gasteiger partial charge in [-0.1, -0.05) is 13.0 Å². The second-order valence-corrected chi connectivity index (χ2v) is 4.53. The molecule has 0 fully saturated rings. The number of hydrogen-bond donors (Lipinski definition) is 2. The summed E-state index contributed by atoms with van der Waals surface area (Å²) in [5.74, 6) is 0.302. The van der Waals surface area contributed by atoms with Gasteiger partial charge in [0, 0.05) is 17.5 Å². The molecule has 2 N–H and O–H groups in total. The van der Waals surface area contributed by atoms with Gasteiger partial charge >= 0.3 is 0 Å². The van der Waals surface area contributed by atoms with Crippen molar-refractivity contribution in [3.63, 3.8) is 0 Å². The van der Waals surface area contributed by atoms with Gasteiger partial charge in [-0.3, -0.25) is 0 Å². The molecule has 1 aliphatic rings. The van der Waals surface area contributed by atoms with E-state index in [1.807, 2.05) is 19.1 Å². The van der Waals surface area contributed by atoms with Crippen molar-refractivity contribution in [1.82, 2.24) is 10.3 Å². The minimum Gasteiger partial charge on any atom is -0.508 e. The van der Waals surface area contributed by atoms with Gasteiger partial charge in [-0.25, -0.2) is 4.98 Å². The molecular weight excluding hydrogens is 224 g/mol. The van der Waals surface area contributed by atoms with E-state index in [2.05, 4.69) is 18.3 Å². The number of aromatic hydroxyl groups is 1. The van der Waals surface area contributed by atoms with E-state index in [0.717, 1.165) is 35.3 Å². The third kappa shape index (κ3) is 1.47. The molecule has 2 aromatic rings. The Morgan fingerprint density at radius 1 is 1.44 bits per heavy atom. The average molecular weight is 240 g/mol. The van der Waals surface area contributed by atoms with Crippen LogP contribution in [0.15, 0.2) is 24.3 Å². The maximum atomic E-state index is 9.64. The Morgan fingerprint density at radius 2 is 2.28 bits per heavy atom. The maximum absolute atomic E-state index is 9.64. The van der Waals surface area contributed by atoms with Crippen LogP contribution in [0.1, 0.15) is 30.7 Å². The molecule has 1 aromatic carbocycles. The summed E-state index contributed by atoms with van der Waals surface area (Å²) in [5, 5.41) is 14.1. The molecule has 2 heterocycles. The van der Waals surface area contributed by atoms with Gasteiger partial charge in [-0.05, 0) is 37.1 Å². The van der Waals surface area contributed by atoms with Gasteiger partial charge in [0.25, 0.3) is 0 Å². The molecule has 0 bridgehead atoms. The SMILES string of the molecule is C/C=C1\NCc2c1nc1ccc(O)cc1c2CC. The van der Waals surface area contributed by atoms with Crippen LogP contribution in [-0.2, 0) is 13.0 Å². The standard InChI is InChI=1S/C15H16N2O/c1-3-10-11-7-9(18)5-6-14(11)17-15-12(10)8-16-13(15)4-2/h4-7,16,18H,3,8H2,1-2H3/b13-4-. The molecule has 18 heavy (non-hydrogen) atoms. The van der Waals surface area contributed by atoms with E-state index in [1.54, 1.807) is 6.07 Å². The Hall–Kier alpha value is -2.03. The largest absolute Gasteiger partial charge is 0.508 e. The first-order valence-corrected chi connectivity index (χ1v) is 6.29. The Balaban J connectivity index is 2.39. The fourth-order valence-corrected chi connectivity index (χ4v) is 2.68. The summed E-state index contributed by atoms with van der Waals surface area (Å²) in [6.45, 7) is 5.00. The molecule has 0 radical (unpaired) electrons. The number of allylic oxidation sites excluding steroid dienone is 1. The Kier molecular flexibility index (Phi) is 2.47. The average Bonchev–Trinajstić information content (AvgIpc) is 2.78. The number of fused-ring (bicyclic) bond motifs is 2. The van der Waals surface area contributed by atoms with Gasteiger partial charge in [-0.2, -0.15) is 0 Å². The molecule has 0 saturated carbocycles. The third-order valence-electron chi connectivity index (χ3n) is 3.54. The van der Waals surface area contributed by atoms with Gasteiger partial charge in [0.05, 0.1) is 16.9 Å². The number of rotatable bonds is 1. The van der Waals surface area contributed by atoms with Crippen molar-refractivity contribution >= 4 is 16.6 Å². The minimum absolute atomic E-state index is 0.302. The lowest BCUT2D eigenvalue weighted by Crippen LogP contribution is -2.00. The topological polar surface area (TPSA) is 45.2 Å². The smallest absolute Gasteiger partial charge is 0.116 e. The highest BCUT2D eigenvalue weighted by Crippen LogP contribution is 2.32. The molecule has 1 aliphatic heterocycles. The molecule has 0 saturated heterocycles. The number of aryl methyl sites for hydroxylation is 1. The summed E-state index contributed by atoms with van der Waals surface area (Å²) in [4.78, 5) is 4.72. The van der Waals surface area contributed by atoms with E-state index < -0.39 is 0 Å². The van der Waals surface area contributed by atoms with Crippen LogP contribution in [0.5, 0.6) is 5.75 Å². The monoisotopic (exact) mass is 240 g/mol. The predicted octanol–water partition coefficient (Wildman–Crippen LogP) is 2.97. The highest BCUT2D eigenvalue weighted by atomic mass is 16.3. The Bertz CT molecular complexity index is 659. The van der Waals surface area contributed by atoms with E-state index in [9.17, 15) is 5.11 Å². The highest BCUT2D eigenvalue weighted by Gasteiger charge is 2.21. The van der Waals surface area contributed by atoms with Gasteiger partial charge in [0.2, 0.25) is 0 Å². The molecule has 0 spiro atoms. The van der Waals surface area contributed by atoms with Crippen LogP contribution in [0.2, 0.25) is 0 Å². The number of nitrogens with one attached hydrogen (secondary N) is 1. The lowest BCUT2D eigenvalue weighted by molar-refractivity contribution is 0.476. The van der Waals surface area contributed by atoms with Gasteiger partial charge in [0.1, 0.15) is 5.75 Å². The van der Waals surface area contributed by atoms with E-state index in [0.29, 0.717) is 5.75 Å². The quantitative estimate of drug-likeness (QED) is 0.805. The second-order valence-electron chi connectivity index (χ2n) is 4.53. The van der Waals surface area contributed by atoms with Crippen molar-refractivity contribution in [3.05, 3.63) is 41.1 Å². The van der Waals surface area contributed by atoms with Crippen molar-refractivity contribution in [1.29, 1.82) is 0 Å². The Morgan fingerprint density at radius 3 is 3.00 bits per heavy atom. The summed E-state index contributed by atoms with van der Waals surface area (Å²) in [5.41, 5.74) is 5.67. The zero-order valence-corrected chi connectivity index (χ0v) is 10.6. The second kappa shape index (κ2) is 4.02. The fourth-order valence-electron chi connectivity index (χ4n) is 2.68. The van der Waals surface area contributed by atoms with Gasteiger partial charge in [0.15, 0.2) is 0 Å². The lowest BCUT2D eigenvalue weighted by atomic mass is 9.99. The number of aromatic nitrogens is 1. The first kappa shape index (κ1) is 11.1. The van der Waals surface area contributed by atoms with Crippen molar-refractivity contribution in [2.45, 2.75) is 26.8 Å². The molecule has 0 atom stereocenters. The van der Waals surface area contributed by atoms with E-state index in [1.165, 1.54) is 11.1 Å². The molecule has 0 aliphatic carbocycles. The van der Waals surface area contributed by atoms with Gasteiger partial charge < -0.3 is 10.4 Å². The van der Waals surface area contributed by atoms with E-state index in [-0.39, 0.29) is 0 Å². The van der Waals surface area contributed by atoms with Crippen molar-refractivity contribution in [2.75, 3.05) is 0 Å². The number of pyridine rings is 1. The zero-order valence-electron chi connectivity index (χ0n) is 10.6. The first-order valence-electron chi connectivity index (χ1n) is 6.29. The lowest BCUT2D eigenvalue weighted by Gasteiger charge is -2.10. The summed E-state index contributed by atoms with van der Waals surface area (Å²) < 4.78 is 0. The van der Waals surface area contributed by atoms with Crippen LogP contribution >= 0.6 is 0 Å². The summed E-state index contributed by atoms with van der Waals surface area (Å²) in [7, 11) is 0. The molecule has 0 unspecified atom stereocenters. The Labute approximate surface area is 106 Å². The van der Waals surface area contributed by atoms with Crippen molar-refractivity contribution in [3.8, 4) is 5.75 Å². The number of hydrogen-bond acceptors (Lipinski definition) is 3. The number of phenols is 1. The van der Waals surface area contributed by atoms with Crippen molar-refractivity contribution < 1.29 is 5.11 Å². The first-order chi connectivity index (χ1) is 8.74. The van der Waals surface area contributed by atoms with E-state index >= 15 is 0 Å². The number of nitrogens with zero attached hydrogens (tertiary/aromatic N) is 1. The molecule has 92 valence electrons. The zero-order chi connectivity index (χ0) is 12.7. The van der Waals surface area contributed by atoms with Crippen LogP contribution < -0.4 is 5.32 Å². The van der Waals surface area contributed by atoms with Crippen LogP contribution in [0.3, 0.4) is 0 Å². The normalized spacial score (nSPS) is 16.0. The molecule has 3 heteroatoms. The predicted molar refractivity (Wildman–Crippen MR) is 73.3 cm³/mol. The minimum atomic E-state index is 0.302. The number of benzene rings is 1. The van der Waals surface area contributed by atoms with Crippen LogP contribution in [0, 0.1) is 0 Å². The van der Waals surface area contributed by atoms with Crippen LogP contribution in [0.4, 0.5) is 0 Å². The molecule has 0 amide bonds. The molecular formula is C15H16N2O. The summed E-state index contributed by atoms with van der Waals surface area (Å²) >= 11 is 0. The summed E-state index contributed by atoms with van der Waals surface area (Å²) in [6, 6.07) is 5.39. The molecule has 3 rings (SSSR count). The van der Waals surface area contributed by atoms with Gasteiger partial charge in [-0.15, -0.1) is 0 Å². The van der Waals surface area contributed by atoms with Crippen molar-refractivity contribution in [2.24, 2.45) is 0 Å². The summed E-state index contributed by atoms with van der Waals surface area (Å²) in [6.07, 6.45) is 3.01. The van der Waals surface area contributed by atoms with E-state index in [4.69, 9.17) is 4.98 Å². The molecule has 3 nitrogen and oxygen atoms in total. The molecule has 1 aromatic heterocycles.